The zero-order chi connectivity index (χ0) is 14.6. The maximum Gasteiger partial charge on any atom is 0.248 e. The third kappa shape index (κ3) is 3.21. The van der Waals surface area contributed by atoms with Crippen molar-refractivity contribution >= 4 is 21.6 Å². The number of benzene rings is 1. The summed E-state index contributed by atoms with van der Waals surface area (Å²) < 4.78 is 39.1. The summed E-state index contributed by atoms with van der Waals surface area (Å²) in [6.45, 7) is 1.20. The summed E-state index contributed by atoms with van der Waals surface area (Å²) in [5.41, 5.74) is 5.33. The maximum absolute atomic E-state index is 13.7. The topological polar surface area (TPSA) is 92.5 Å². The lowest BCUT2D eigenvalue weighted by Gasteiger charge is -2.20. The second-order valence-electron chi connectivity index (χ2n) is 3.76. The Bertz CT molecular complexity index is 554. The van der Waals surface area contributed by atoms with Gasteiger partial charge in [0.25, 0.3) is 0 Å². The van der Waals surface area contributed by atoms with Crippen LogP contribution in [0.25, 0.3) is 0 Å². The molecule has 0 unspecified atom stereocenters. The first-order chi connectivity index (χ1) is 8.84. The molecule has 106 valence electrons. The first-order valence-electron chi connectivity index (χ1n) is 5.59. The largest absolute Gasteiger partial charge is 0.398 e. The summed E-state index contributed by atoms with van der Waals surface area (Å²) >= 11 is 0. The first-order valence-corrected chi connectivity index (χ1v) is 7.03. The van der Waals surface area contributed by atoms with Gasteiger partial charge in [0.1, 0.15) is 10.7 Å². The third-order valence-corrected chi connectivity index (χ3v) is 4.56. The summed E-state index contributed by atoms with van der Waals surface area (Å²) in [5.74, 6) is -1.42. The van der Waals surface area contributed by atoms with Crippen LogP contribution in [0.15, 0.2) is 23.1 Å². The van der Waals surface area contributed by atoms with Gasteiger partial charge in [-0.15, -0.1) is 0 Å². The highest BCUT2D eigenvalue weighted by molar-refractivity contribution is 7.89. The number of rotatable bonds is 5. The van der Waals surface area contributed by atoms with Crippen molar-refractivity contribution in [2.24, 2.45) is 0 Å². The molecular weight excluding hydrogens is 273 g/mol. The number of amides is 1. The second-order valence-corrected chi connectivity index (χ2v) is 5.64. The van der Waals surface area contributed by atoms with Gasteiger partial charge in [0.15, 0.2) is 0 Å². The van der Waals surface area contributed by atoms with Crippen LogP contribution in [0.4, 0.5) is 10.1 Å². The smallest absolute Gasteiger partial charge is 0.248 e. The molecule has 0 aliphatic carbocycles. The molecule has 1 amide bonds. The van der Waals surface area contributed by atoms with Gasteiger partial charge in [0, 0.05) is 13.6 Å². The number of nitrogen functional groups attached to an aromatic ring is 1. The molecule has 0 aliphatic heterocycles. The average molecular weight is 289 g/mol. The number of halogens is 1. The number of nitrogens with one attached hydrogen (secondary N) is 1. The molecular formula is C11H16FN3O3S. The zero-order valence-electron chi connectivity index (χ0n) is 10.7. The quantitative estimate of drug-likeness (QED) is 0.755. The van der Waals surface area contributed by atoms with Gasteiger partial charge in [-0.2, -0.15) is 4.31 Å². The molecule has 3 N–H and O–H groups in total. The molecule has 19 heavy (non-hydrogen) atoms. The van der Waals surface area contributed by atoms with Crippen molar-refractivity contribution < 1.29 is 17.6 Å². The van der Waals surface area contributed by atoms with Crippen LogP contribution in [0, 0.1) is 5.82 Å². The molecule has 8 heteroatoms. The number of hydrogen-bond acceptors (Lipinski definition) is 4. The Kier molecular flexibility index (Phi) is 4.84. The number of nitrogens with zero attached hydrogens (tertiary/aromatic N) is 1. The average Bonchev–Trinajstić information content (AvgIpc) is 2.34. The fourth-order valence-corrected chi connectivity index (χ4v) is 3.10. The highest BCUT2D eigenvalue weighted by Crippen LogP contribution is 2.25. The summed E-state index contributed by atoms with van der Waals surface area (Å²) in [4.78, 5) is 10.7. The van der Waals surface area contributed by atoms with Crippen molar-refractivity contribution in [3.05, 3.63) is 24.0 Å². The summed E-state index contributed by atoms with van der Waals surface area (Å²) in [5, 5.41) is 2.31. The lowest BCUT2D eigenvalue weighted by Crippen LogP contribution is -2.40. The van der Waals surface area contributed by atoms with Gasteiger partial charge in [-0.1, -0.05) is 13.0 Å². The van der Waals surface area contributed by atoms with E-state index in [9.17, 15) is 17.6 Å². The number of nitrogens with two attached hydrogens (primary N) is 1. The van der Waals surface area contributed by atoms with E-state index in [2.05, 4.69) is 5.32 Å². The van der Waals surface area contributed by atoms with Crippen molar-refractivity contribution in [2.75, 3.05) is 25.9 Å². The lowest BCUT2D eigenvalue weighted by atomic mass is 10.3. The van der Waals surface area contributed by atoms with Crippen molar-refractivity contribution in [2.45, 2.75) is 11.8 Å². The van der Waals surface area contributed by atoms with Crippen molar-refractivity contribution in [1.29, 1.82) is 0 Å². The number of sulfonamides is 1. The Labute approximate surface area is 111 Å². The van der Waals surface area contributed by atoms with Crippen LogP contribution in [0.1, 0.15) is 6.92 Å². The zero-order valence-corrected chi connectivity index (χ0v) is 11.5. The van der Waals surface area contributed by atoms with Crippen LogP contribution in [0.3, 0.4) is 0 Å². The molecule has 6 nitrogen and oxygen atoms in total. The summed E-state index contributed by atoms with van der Waals surface area (Å²) in [6.07, 6.45) is 0. The molecule has 1 rings (SSSR count). The van der Waals surface area contributed by atoms with Crippen molar-refractivity contribution in [3.8, 4) is 0 Å². The minimum Gasteiger partial charge on any atom is -0.398 e. The Morgan fingerprint density at radius 1 is 1.47 bits per heavy atom. The van der Waals surface area contributed by atoms with Gasteiger partial charge in [0.2, 0.25) is 15.9 Å². The number of likely N-dealkylation sites (N-methyl/N-ethyl adjacent to an activating group) is 2. The van der Waals surface area contributed by atoms with Gasteiger partial charge in [-0.25, -0.2) is 12.8 Å². The molecule has 0 radical (unpaired) electrons. The van der Waals surface area contributed by atoms with E-state index in [0.29, 0.717) is 0 Å². The molecule has 0 bridgehead atoms. The van der Waals surface area contributed by atoms with Crippen molar-refractivity contribution in [3.63, 3.8) is 0 Å². The van der Waals surface area contributed by atoms with Crippen LogP contribution in [0.2, 0.25) is 0 Å². The predicted octanol–water partition coefficient (Wildman–Crippen LogP) is 0.165. The maximum atomic E-state index is 13.7. The molecule has 0 saturated heterocycles. The Morgan fingerprint density at radius 3 is 2.58 bits per heavy atom. The van der Waals surface area contributed by atoms with E-state index in [1.165, 1.54) is 19.2 Å². The molecule has 0 heterocycles. The SMILES string of the molecule is CCN(CC(=O)NC)S(=O)(=O)c1c(N)cccc1F. The van der Waals surface area contributed by atoms with Gasteiger partial charge in [-0.05, 0) is 12.1 Å². The number of carbonyl (C=O) groups excluding carboxylic acids is 1. The Balaban J connectivity index is 3.25. The molecule has 0 aromatic heterocycles. The number of carbonyl (C=O) groups is 1. The van der Waals surface area contributed by atoms with E-state index in [1.807, 2.05) is 0 Å². The summed E-state index contributed by atoms with van der Waals surface area (Å²) in [6, 6.07) is 3.62. The molecule has 0 aliphatic rings. The van der Waals surface area contributed by atoms with E-state index in [1.54, 1.807) is 6.92 Å². The number of anilines is 1. The van der Waals surface area contributed by atoms with Gasteiger partial charge in [0.05, 0.1) is 12.2 Å². The van der Waals surface area contributed by atoms with E-state index >= 15 is 0 Å². The lowest BCUT2D eigenvalue weighted by molar-refractivity contribution is -0.120. The standard InChI is InChI=1S/C11H16FN3O3S/c1-3-15(7-10(16)14-2)19(17,18)11-8(12)5-4-6-9(11)13/h4-6H,3,7,13H2,1-2H3,(H,14,16). The fourth-order valence-electron chi connectivity index (χ4n) is 1.53. The monoisotopic (exact) mass is 289 g/mol. The molecule has 1 aromatic carbocycles. The highest BCUT2D eigenvalue weighted by Gasteiger charge is 2.29. The van der Waals surface area contributed by atoms with Gasteiger partial charge >= 0.3 is 0 Å². The Morgan fingerprint density at radius 2 is 2.11 bits per heavy atom. The minimum atomic E-state index is -4.15. The van der Waals surface area contributed by atoms with E-state index in [0.717, 1.165) is 10.4 Å². The molecule has 0 spiro atoms. The van der Waals surface area contributed by atoms with Crippen LogP contribution < -0.4 is 11.1 Å². The predicted molar refractivity (Wildman–Crippen MR) is 69.3 cm³/mol. The second kappa shape index (κ2) is 5.98. The summed E-state index contributed by atoms with van der Waals surface area (Å²) in [7, 11) is -2.76. The Hall–Kier alpha value is -1.67. The van der Waals surface area contributed by atoms with Crippen LogP contribution in [0.5, 0.6) is 0 Å². The molecule has 0 saturated carbocycles. The molecule has 0 fully saturated rings. The van der Waals surface area contributed by atoms with E-state index in [4.69, 9.17) is 5.73 Å². The van der Waals surface area contributed by atoms with Crippen LogP contribution >= 0.6 is 0 Å². The van der Waals surface area contributed by atoms with Crippen LogP contribution in [-0.4, -0.2) is 38.8 Å². The van der Waals surface area contributed by atoms with Gasteiger partial charge < -0.3 is 11.1 Å². The first kappa shape index (κ1) is 15.4. The third-order valence-electron chi connectivity index (χ3n) is 2.55. The number of hydrogen-bond donors (Lipinski definition) is 2. The minimum absolute atomic E-state index is 0.0313. The van der Waals surface area contributed by atoms with E-state index < -0.39 is 26.6 Å². The van der Waals surface area contributed by atoms with Crippen LogP contribution in [-0.2, 0) is 14.8 Å². The van der Waals surface area contributed by atoms with Crippen molar-refractivity contribution in [1.82, 2.24) is 9.62 Å². The fraction of sp³-hybridized carbons (Fsp3) is 0.364. The normalized spacial score (nSPS) is 11.6. The van der Waals surface area contributed by atoms with Gasteiger partial charge in [-0.3, -0.25) is 4.79 Å². The van der Waals surface area contributed by atoms with E-state index in [-0.39, 0.29) is 18.8 Å². The highest BCUT2D eigenvalue weighted by atomic mass is 32.2. The molecule has 0 atom stereocenters. The molecule has 1 aromatic rings.